The first kappa shape index (κ1) is 12.9. The molecule has 1 fully saturated rings. The highest BCUT2D eigenvalue weighted by molar-refractivity contribution is 5.93. The molecule has 2 atom stereocenters. The van der Waals surface area contributed by atoms with Crippen LogP contribution in [0.5, 0.6) is 0 Å². The molecule has 1 aliphatic carbocycles. The van der Waals surface area contributed by atoms with E-state index < -0.39 is 0 Å². The van der Waals surface area contributed by atoms with E-state index in [9.17, 15) is 4.79 Å². The summed E-state index contributed by atoms with van der Waals surface area (Å²) in [4.78, 5) is 16.2. The maximum Gasteiger partial charge on any atom is 0.227 e. The summed E-state index contributed by atoms with van der Waals surface area (Å²) < 4.78 is 1.90. The number of nitrogens with two attached hydrogens (primary N) is 1. The second kappa shape index (κ2) is 5.46. The van der Waals surface area contributed by atoms with Gasteiger partial charge in [-0.25, -0.2) is 4.98 Å². The molecule has 0 radical (unpaired) electrons. The molecular formula is C15H18N4O. The summed E-state index contributed by atoms with van der Waals surface area (Å²) in [6.45, 7) is 0. The van der Waals surface area contributed by atoms with E-state index in [1.807, 2.05) is 35.0 Å². The SMILES string of the molecule is NC1CCC(C(=O)Nc2cccc(-n3ccnc3)c2)C1. The van der Waals surface area contributed by atoms with Gasteiger partial charge in [-0.05, 0) is 37.5 Å². The van der Waals surface area contributed by atoms with Crippen LogP contribution in [0.4, 0.5) is 5.69 Å². The molecule has 1 aromatic heterocycles. The number of carbonyl (C=O) groups excluding carboxylic acids is 1. The number of carbonyl (C=O) groups is 1. The van der Waals surface area contributed by atoms with Crippen LogP contribution < -0.4 is 11.1 Å². The van der Waals surface area contributed by atoms with Crippen molar-refractivity contribution in [3.05, 3.63) is 43.0 Å². The van der Waals surface area contributed by atoms with Gasteiger partial charge in [0, 0.05) is 35.7 Å². The average Bonchev–Trinajstić information content (AvgIpc) is 3.10. The maximum absolute atomic E-state index is 12.2. The number of benzene rings is 1. The Balaban J connectivity index is 1.71. The Labute approximate surface area is 117 Å². The van der Waals surface area contributed by atoms with Crippen molar-refractivity contribution >= 4 is 11.6 Å². The second-order valence-corrected chi connectivity index (χ2v) is 5.28. The van der Waals surface area contributed by atoms with Gasteiger partial charge in [0.1, 0.15) is 0 Å². The van der Waals surface area contributed by atoms with E-state index in [1.54, 1.807) is 12.5 Å². The van der Waals surface area contributed by atoms with E-state index in [1.165, 1.54) is 0 Å². The number of aromatic nitrogens is 2. The van der Waals surface area contributed by atoms with Crippen LogP contribution in [-0.2, 0) is 4.79 Å². The Morgan fingerprint density at radius 3 is 3.00 bits per heavy atom. The molecule has 20 heavy (non-hydrogen) atoms. The van der Waals surface area contributed by atoms with Crippen LogP contribution in [0, 0.1) is 5.92 Å². The summed E-state index contributed by atoms with van der Waals surface area (Å²) in [6.07, 6.45) is 7.94. The molecule has 0 saturated heterocycles. The summed E-state index contributed by atoms with van der Waals surface area (Å²) in [5.74, 6) is 0.114. The highest BCUT2D eigenvalue weighted by atomic mass is 16.1. The third-order valence-electron chi connectivity index (χ3n) is 3.76. The zero-order valence-electron chi connectivity index (χ0n) is 11.2. The lowest BCUT2D eigenvalue weighted by Crippen LogP contribution is -2.23. The van der Waals surface area contributed by atoms with Gasteiger partial charge in [0.25, 0.3) is 0 Å². The van der Waals surface area contributed by atoms with Gasteiger partial charge >= 0.3 is 0 Å². The number of imidazole rings is 1. The Bertz CT molecular complexity index is 594. The van der Waals surface area contributed by atoms with Gasteiger partial charge < -0.3 is 15.6 Å². The van der Waals surface area contributed by atoms with E-state index in [0.717, 1.165) is 30.6 Å². The fraction of sp³-hybridized carbons (Fsp3) is 0.333. The van der Waals surface area contributed by atoms with E-state index in [4.69, 9.17) is 5.73 Å². The molecule has 1 aromatic carbocycles. The monoisotopic (exact) mass is 270 g/mol. The lowest BCUT2D eigenvalue weighted by atomic mass is 10.1. The standard InChI is InChI=1S/C15H18N4O/c16-12-5-4-11(8-12)15(20)18-13-2-1-3-14(9-13)19-7-6-17-10-19/h1-3,6-7,9-12H,4-5,8,16H2,(H,18,20). The number of rotatable bonds is 3. The van der Waals surface area contributed by atoms with Gasteiger partial charge in [-0.1, -0.05) is 6.07 Å². The molecule has 1 aliphatic rings. The molecule has 3 rings (SSSR count). The van der Waals surface area contributed by atoms with Crippen molar-refractivity contribution in [2.75, 3.05) is 5.32 Å². The van der Waals surface area contributed by atoms with Gasteiger partial charge in [0.15, 0.2) is 0 Å². The largest absolute Gasteiger partial charge is 0.328 e. The lowest BCUT2D eigenvalue weighted by Gasteiger charge is -2.12. The highest BCUT2D eigenvalue weighted by Gasteiger charge is 2.27. The summed E-state index contributed by atoms with van der Waals surface area (Å²) in [7, 11) is 0. The molecule has 2 aromatic rings. The molecule has 0 spiro atoms. The van der Waals surface area contributed by atoms with Crippen molar-refractivity contribution in [1.82, 2.24) is 9.55 Å². The van der Waals surface area contributed by atoms with Crippen LogP contribution in [0.3, 0.4) is 0 Å². The molecule has 1 saturated carbocycles. The van der Waals surface area contributed by atoms with Gasteiger partial charge in [0.05, 0.1) is 6.33 Å². The van der Waals surface area contributed by atoms with Crippen molar-refractivity contribution in [1.29, 1.82) is 0 Å². The van der Waals surface area contributed by atoms with Crippen molar-refractivity contribution in [2.24, 2.45) is 11.7 Å². The summed E-state index contributed by atoms with van der Waals surface area (Å²) in [5.41, 5.74) is 7.64. The Morgan fingerprint density at radius 2 is 2.30 bits per heavy atom. The Hall–Kier alpha value is -2.14. The molecule has 1 amide bonds. The zero-order chi connectivity index (χ0) is 13.9. The van der Waals surface area contributed by atoms with Crippen LogP contribution in [-0.4, -0.2) is 21.5 Å². The number of nitrogens with zero attached hydrogens (tertiary/aromatic N) is 2. The number of amides is 1. The predicted octanol–water partition coefficient (Wildman–Crippen LogP) is 1.94. The van der Waals surface area contributed by atoms with Crippen LogP contribution in [0.15, 0.2) is 43.0 Å². The van der Waals surface area contributed by atoms with Gasteiger partial charge in [-0.15, -0.1) is 0 Å². The molecular weight excluding hydrogens is 252 g/mol. The molecule has 0 aliphatic heterocycles. The minimum Gasteiger partial charge on any atom is -0.328 e. The summed E-state index contributed by atoms with van der Waals surface area (Å²) >= 11 is 0. The quantitative estimate of drug-likeness (QED) is 0.895. The smallest absolute Gasteiger partial charge is 0.227 e. The predicted molar refractivity (Wildman–Crippen MR) is 77.5 cm³/mol. The summed E-state index contributed by atoms with van der Waals surface area (Å²) in [5, 5.41) is 2.98. The molecule has 0 bridgehead atoms. The van der Waals surface area contributed by atoms with Crippen LogP contribution in [0.25, 0.3) is 5.69 Å². The molecule has 1 heterocycles. The van der Waals surface area contributed by atoms with E-state index in [2.05, 4.69) is 10.3 Å². The van der Waals surface area contributed by atoms with E-state index >= 15 is 0 Å². The zero-order valence-corrected chi connectivity index (χ0v) is 11.2. The first-order chi connectivity index (χ1) is 9.72. The van der Waals surface area contributed by atoms with E-state index in [0.29, 0.717) is 0 Å². The number of anilines is 1. The van der Waals surface area contributed by atoms with E-state index in [-0.39, 0.29) is 17.9 Å². The van der Waals surface area contributed by atoms with Crippen LogP contribution >= 0.6 is 0 Å². The van der Waals surface area contributed by atoms with Gasteiger partial charge in [-0.2, -0.15) is 0 Å². The van der Waals surface area contributed by atoms with Crippen molar-refractivity contribution < 1.29 is 4.79 Å². The number of nitrogens with one attached hydrogen (secondary N) is 1. The lowest BCUT2D eigenvalue weighted by molar-refractivity contribution is -0.119. The van der Waals surface area contributed by atoms with Gasteiger partial charge in [-0.3, -0.25) is 4.79 Å². The Morgan fingerprint density at radius 1 is 1.40 bits per heavy atom. The highest BCUT2D eigenvalue weighted by Crippen LogP contribution is 2.25. The molecule has 104 valence electrons. The average molecular weight is 270 g/mol. The summed E-state index contributed by atoms with van der Waals surface area (Å²) in [6, 6.07) is 7.90. The third-order valence-corrected chi connectivity index (χ3v) is 3.76. The van der Waals surface area contributed by atoms with Crippen molar-refractivity contribution in [3.63, 3.8) is 0 Å². The van der Waals surface area contributed by atoms with Crippen molar-refractivity contribution in [2.45, 2.75) is 25.3 Å². The minimum atomic E-state index is 0.0434. The first-order valence-electron chi connectivity index (χ1n) is 6.87. The molecule has 5 nitrogen and oxygen atoms in total. The normalized spacial score (nSPS) is 21.9. The van der Waals surface area contributed by atoms with Crippen molar-refractivity contribution in [3.8, 4) is 5.69 Å². The third kappa shape index (κ3) is 2.72. The van der Waals surface area contributed by atoms with Gasteiger partial charge in [0.2, 0.25) is 5.91 Å². The topological polar surface area (TPSA) is 72.9 Å². The number of hydrogen-bond donors (Lipinski definition) is 2. The fourth-order valence-corrected chi connectivity index (χ4v) is 2.65. The molecule has 5 heteroatoms. The fourth-order valence-electron chi connectivity index (χ4n) is 2.65. The second-order valence-electron chi connectivity index (χ2n) is 5.28. The van der Waals surface area contributed by atoms with Crippen LogP contribution in [0.2, 0.25) is 0 Å². The van der Waals surface area contributed by atoms with Crippen LogP contribution in [0.1, 0.15) is 19.3 Å². The molecule has 2 unspecified atom stereocenters. The minimum absolute atomic E-state index is 0.0434. The Kier molecular flexibility index (Phi) is 3.52. The first-order valence-corrected chi connectivity index (χ1v) is 6.87. The molecule has 3 N–H and O–H groups in total. The number of hydrogen-bond acceptors (Lipinski definition) is 3. The maximum atomic E-state index is 12.2.